The van der Waals surface area contributed by atoms with E-state index in [0.717, 1.165) is 0 Å². The molecule has 3 rings (SSSR count). The van der Waals surface area contributed by atoms with Crippen molar-refractivity contribution in [2.75, 3.05) is 11.9 Å². The first-order valence-corrected chi connectivity index (χ1v) is 7.56. The Hall–Kier alpha value is -3.21. The second-order valence-electron chi connectivity index (χ2n) is 5.74. The highest BCUT2D eigenvalue weighted by Gasteiger charge is 2.31. The summed E-state index contributed by atoms with van der Waals surface area (Å²) < 4.78 is 1.49. The van der Waals surface area contributed by atoms with Crippen LogP contribution >= 0.6 is 0 Å². The predicted molar refractivity (Wildman–Crippen MR) is 85.0 cm³/mol. The van der Waals surface area contributed by atoms with Crippen LogP contribution in [0.4, 0.5) is 5.95 Å². The van der Waals surface area contributed by atoms with Gasteiger partial charge in [-0.15, -0.1) is 0 Å². The van der Waals surface area contributed by atoms with E-state index in [1.54, 1.807) is 24.3 Å². The van der Waals surface area contributed by atoms with E-state index in [0.29, 0.717) is 30.2 Å². The third-order valence-corrected chi connectivity index (χ3v) is 4.07. The van der Waals surface area contributed by atoms with E-state index in [2.05, 4.69) is 20.7 Å². The Balaban J connectivity index is 1.77. The Morgan fingerprint density at radius 2 is 2.17 bits per heavy atom. The van der Waals surface area contributed by atoms with Gasteiger partial charge in [0, 0.05) is 13.0 Å². The summed E-state index contributed by atoms with van der Waals surface area (Å²) in [6, 6.07) is 8.84. The molecule has 1 aliphatic rings. The number of carbonyl (C=O) groups is 2. The Morgan fingerprint density at radius 1 is 1.42 bits per heavy atom. The molecule has 8 nitrogen and oxygen atoms in total. The Morgan fingerprint density at radius 3 is 2.83 bits per heavy atom. The summed E-state index contributed by atoms with van der Waals surface area (Å²) in [5, 5.41) is 18.4. The quantitative estimate of drug-likeness (QED) is 0.869. The molecule has 2 atom stereocenters. The number of carbonyl (C=O) groups excluding carboxylic acids is 2. The van der Waals surface area contributed by atoms with Gasteiger partial charge in [0.15, 0.2) is 0 Å². The first-order valence-electron chi connectivity index (χ1n) is 7.56. The van der Waals surface area contributed by atoms with Gasteiger partial charge in [-0.1, -0.05) is 6.92 Å². The smallest absolute Gasteiger partial charge is 0.232 e. The van der Waals surface area contributed by atoms with Gasteiger partial charge < -0.3 is 5.32 Å². The topological polar surface area (TPSA) is 113 Å². The maximum absolute atomic E-state index is 12.5. The summed E-state index contributed by atoms with van der Waals surface area (Å²) >= 11 is 0. The second kappa shape index (κ2) is 6.50. The van der Waals surface area contributed by atoms with Crippen LogP contribution in [-0.2, 0) is 9.59 Å². The van der Waals surface area contributed by atoms with Gasteiger partial charge in [-0.2, -0.15) is 20.0 Å². The monoisotopic (exact) mass is 324 g/mol. The molecule has 1 saturated heterocycles. The SMILES string of the molecule is CC1CC(=O)NCC1C(=O)Nc1ncnn1-c1ccc(C#N)cc1. The maximum Gasteiger partial charge on any atom is 0.232 e. The fraction of sp³-hybridized carbons (Fsp3) is 0.312. The molecule has 0 aliphatic carbocycles. The number of hydrogen-bond donors (Lipinski definition) is 2. The maximum atomic E-state index is 12.5. The number of hydrogen-bond acceptors (Lipinski definition) is 5. The summed E-state index contributed by atoms with van der Waals surface area (Å²) in [6.07, 6.45) is 1.68. The first kappa shape index (κ1) is 15.7. The lowest BCUT2D eigenvalue weighted by Crippen LogP contribution is -2.45. The average Bonchev–Trinajstić information content (AvgIpc) is 3.03. The van der Waals surface area contributed by atoms with Gasteiger partial charge in [-0.05, 0) is 30.2 Å². The highest BCUT2D eigenvalue weighted by Crippen LogP contribution is 2.21. The number of benzene rings is 1. The Labute approximate surface area is 138 Å². The molecular formula is C16H16N6O2. The molecule has 122 valence electrons. The van der Waals surface area contributed by atoms with Crippen LogP contribution in [0.3, 0.4) is 0 Å². The van der Waals surface area contributed by atoms with Gasteiger partial charge in [0.2, 0.25) is 17.8 Å². The van der Waals surface area contributed by atoms with Crippen molar-refractivity contribution in [3.05, 3.63) is 36.2 Å². The molecule has 0 bridgehead atoms. The minimum atomic E-state index is -0.311. The molecule has 24 heavy (non-hydrogen) atoms. The largest absolute Gasteiger partial charge is 0.355 e. The first-order chi connectivity index (χ1) is 11.6. The lowest BCUT2D eigenvalue weighted by Gasteiger charge is -2.27. The molecule has 1 fully saturated rings. The molecule has 2 heterocycles. The van der Waals surface area contributed by atoms with E-state index < -0.39 is 0 Å². The van der Waals surface area contributed by atoms with E-state index in [9.17, 15) is 9.59 Å². The molecule has 1 aliphatic heterocycles. The molecule has 0 saturated carbocycles. The van der Waals surface area contributed by atoms with Crippen molar-refractivity contribution in [3.63, 3.8) is 0 Å². The van der Waals surface area contributed by atoms with Crippen molar-refractivity contribution in [1.82, 2.24) is 20.1 Å². The number of nitrogens with one attached hydrogen (secondary N) is 2. The molecule has 8 heteroatoms. The number of nitrogens with zero attached hydrogens (tertiary/aromatic N) is 4. The highest BCUT2D eigenvalue weighted by atomic mass is 16.2. The second-order valence-corrected chi connectivity index (χ2v) is 5.74. The highest BCUT2D eigenvalue weighted by molar-refractivity contribution is 5.93. The van der Waals surface area contributed by atoms with Crippen LogP contribution in [0.1, 0.15) is 18.9 Å². The summed E-state index contributed by atoms with van der Waals surface area (Å²) in [5.74, 6) is -0.287. The Bertz CT molecular complexity index is 805. The molecule has 2 amide bonds. The number of nitriles is 1. The van der Waals surface area contributed by atoms with E-state index >= 15 is 0 Å². The van der Waals surface area contributed by atoms with Crippen molar-refractivity contribution in [1.29, 1.82) is 5.26 Å². The van der Waals surface area contributed by atoms with Crippen molar-refractivity contribution in [2.24, 2.45) is 11.8 Å². The van der Waals surface area contributed by atoms with Gasteiger partial charge in [0.1, 0.15) is 6.33 Å². The van der Waals surface area contributed by atoms with Gasteiger partial charge in [0.25, 0.3) is 0 Å². The van der Waals surface area contributed by atoms with Crippen molar-refractivity contribution in [3.8, 4) is 11.8 Å². The van der Waals surface area contributed by atoms with Gasteiger partial charge in [-0.3, -0.25) is 14.9 Å². The molecule has 2 unspecified atom stereocenters. The standard InChI is InChI=1S/C16H16N6O2/c1-10-6-14(23)18-8-13(10)15(24)21-16-19-9-20-22(16)12-4-2-11(7-17)3-5-12/h2-5,9-10,13H,6,8H2,1H3,(H,18,23)(H,19,20,21,24). The number of amides is 2. The summed E-state index contributed by atoms with van der Waals surface area (Å²) in [6.45, 7) is 2.20. The summed E-state index contributed by atoms with van der Waals surface area (Å²) in [4.78, 5) is 27.9. The van der Waals surface area contributed by atoms with Crippen LogP contribution in [0.25, 0.3) is 5.69 Å². The van der Waals surface area contributed by atoms with Crippen LogP contribution in [-0.4, -0.2) is 33.1 Å². The number of anilines is 1. The van der Waals surface area contributed by atoms with Gasteiger partial charge in [0.05, 0.1) is 23.2 Å². The lowest BCUT2D eigenvalue weighted by molar-refractivity contribution is -0.128. The van der Waals surface area contributed by atoms with E-state index in [4.69, 9.17) is 5.26 Å². The van der Waals surface area contributed by atoms with E-state index in [1.807, 2.05) is 13.0 Å². The van der Waals surface area contributed by atoms with Crippen LogP contribution in [0.15, 0.2) is 30.6 Å². The lowest BCUT2D eigenvalue weighted by atomic mass is 9.87. The fourth-order valence-electron chi connectivity index (χ4n) is 2.68. The average molecular weight is 324 g/mol. The zero-order valence-corrected chi connectivity index (χ0v) is 13.1. The molecule has 2 aromatic rings. The van der Waals surface area contributed by atoms with Crippen molar-refractivity contribution in [2.45, 2.75) is 13.3 Å². The molecular weight excluding hydrogens is 308 g/mol. The van der Waals surface area contributed by atoms with Crippen LogP contribution < -0.4 is 10.6 Å². The minimum absolute atomic E-state index is 0.0349. The molecule has 0 spiro atoms. The normalized spacial score (nSPS) is 20.1. The van der Waals surface area contributed by atoms with Gasteiger partial charge >= 0.3 is 0 Å². The molecule has 1 aromatic carbocycles. The van der Waals surface area contributed by atoms with E-state index in [-0.39, 0.29) is 23.7 Å². The predicted octanol–water partition coefficient (Wildman–Crippen LogP) is 0.850. The zero-order chi connectivity index (χ0) is 17.1. The Kier molecular flexibility index (Phi) is 4.24. The molecule has 2 N–H and O–H groups in total. The number of aromatic nitrogens is 3. The van der Waals surface area contributed by atoms with Crippen LogP contribution in [0, 0.1) is 23.2 Å². The zero-order valence-electron chi connectivity index (χ0n) is 13.1. The summed E-state index contributed by atoms with van der Waals surface area (Å²) in [5.41, 5.74) is 1.23. The van der Waals surface area contributed by atoms with Crippen molar-refractivity contribution < 1.29 is 9.59 Å². The minimum Gasteiger partial charge on any atom is -0.355 e. The van der Waals surface area contributed by atoms with Crippen LogP contribution in [0.5, 0.6) is 0 Å². The summed E-state index contributed by atoms with van der Waals surface area (Å²) in [7, 11) is 0. The number of rotatable bonds is 3. The van der Waals surface area contributed by atoms with E-state index in [1.165, 1.54) is 11.0 Å². The molecule has 1 aromatic heterocycles. The third kappa shape index (κ3) is 3.10. The number of piperidine rings is 1. The fourth-order valence-corrected chi connectivity index (χ4v) is 2.68. The van der Waals surface area contributed by atoms with Crippen LogP contribution in [0.2, 0.25) is 0 Å². The molecule has 0 radical (unpaired) electrons. The third-order valence-electron chi connectivity index (χ3n) is 4.07. The van der Waals surface area contributed by atoms with Crippen molar-refractivity contribution >= 4 is 17.8 Å². The van der Waals surface area contributed by atoms with Gasteiger partial charge in [-0.25, -0.2) is 0 Å².